The molecule has 1 N–H and O–H groups in total. The minimum absolute atomic E-state index is 0.00471. The van der Waals surface area contributed by atoms with Gasteiger partial charge in [-0.2, -0.15) is 0 Å². The molecular formula is C11H20N2O4S. The van der Waals surface area contributed by atoms with Crippen LogP contribution in [-0.2, 0) is 19.4 Å². The first kappa shape index (κ1) is 15.1. The van der Waals surface area contributed by atoms with Crippen molar-refractivity contribution in [2.45, 2.75) is 32.7 Å². The molecular weight excluding hydrogens is 256 g/mol. The average molecular weight is 276 g/mol. The Morgan fingerprint density at radius 3 is 2.56 bits per heavy atom. The summed E-state index contributed by atoms with van der Waals surface area (Å²) in [5.74, 6) is -0.336. The molecule has 6 nitrogen and oxygen atoms in total. The van der Waals surface area contributed by atoms with Crippen molar-refractivity contribution in [1.29, 1.82) is 0 Å². The van der Waals surface area contributed by atoms with Crippen LogP contribution in [0.3, 0.4) is 0 Å². The number of rotatable bonds is 7. The van der Waals surface area contributed by atoms with Gasteiger partial charge in [-0.1, -0.05) is 13.8 Å². The third kappa shape index (κ3) is 3.78. The van der Waals surface area contributed by atoms with Crippen molar-refractivity contribution in [1.82, 2.24) is 10.2 Å². The lowest BCUT2D eigenvalue weighted by Gasteiger charge is -2.14. The maximum atomic E-state index is 11.8. The highest BCUT2D eigenvalue weighted by Crippen LogP contribution is 2.13. The van der Waals surface area contributed by atoms with Crippen molar-refractivity contribution >= 4 is 21.7 Å². The molecule has 0 bridgehead atoms. The van der Waals surface area contributed by atoms with E-state index < -0.39 is 15.9 Å². The predicted molar refractivity (Wildman–Crippen MR) is 67.7 cm³/mol. The number of sulfone groups is 1. The van der Waals surface area contributed by atoms with E-state index in [1.807, 2.05) is 6.92 Å². The molecule has 1 rings (SSSR count). The smallest absolute Gasteiger partial charge is 0.246 e. The van der Waals surface area contributed by atoms with Crippen LogP contribution in [0.25, 0.3) is 0 Å². The molecule has 0 radical (unpaired) electrons. The first-order chi connectivity index (χ1) is 8.41. The molecule has 0 aliphatic carbocycles. The molecule has 1 unspecified atom stereocenters. The van der Waals surface area contributed by atoms with Gasteiger partial charge in [-0.3, -0.25) is 14.5 Å². The second kappa shape index (κ2) is 6.29. The Balaban J connectivity index is 2.46. The molecule has 0 aromatic heterocycles. The summed E-state index contributed by atoms with van der Waals surface area (Å²) in [6.45, 7) is 4.13. The number of hydrogen-bond acceptors (Lipinski definition) is 5. The lowest BCUT2D eigenvalue weighted by Crippen LogP contribution is -2.40. The molecule has 0 saturated carbocycles. The average Bonchev–Trinajstić information content (AvgIpc) is 2.57. The number of nitrogens with one attached hydrogen (secondary N) is 1. The van der Waals surface area contributed by atoms with Gasteiger partial charge in [0.05, 0.1) is 18.2 Å². The van der Waals surface area contributed by atoms with E-state index in [2.05, 4.69) is 5.32 Å². The molecule has 7 heteroatoms. The van der Waals surface area contributed by atoms with Crippen LogP contribution in [0.5, 0.6) is 0 Å². The number of nitrogens with zero attached hydrogens (tertiary/aromatic N) is 1. The summed E-state index contributed by atoms with van der Waals surface area (Å²) in [6.07, 6.45) is 0.861. The van der Waals surface area contributed by atoms with E-state index in [-0.39, 0.29) is 36.3 Å². The lowest BCUT2D eigenvalue weighted by atomic mass is 10.2. The van der Waals surface area contributed by atoms with E-state index >= 15 is 0 Å². The zero-order chi connectivity index (χ0) is 13.8. The molecule has 1 atom stereocenters. The fourth-order valence-corrected chi connectivity index (χ4v) is 2.55. The summed E-state index contributed by atoms with van der Waals surface area (Å²) in [6, 6.07) is -0.559. The summed E-state index contributed by atoms with van der Waals surface area (Å²) in [5.41, 5.74) is 0. The number of carbonyl (C=O) groups excluding carboxylic acids is 2. The van der Waals surface area contributed by atoms with Crippen molar-refractivity contribution in [3.05, 3.63) is 0 Å². The Kier molecular flexibility index (Phi) is 5.28. The summed E-state index contributed by atoms with van der Waals surface area (Å²) < 4.78 is 22.6. The fraction of sp³-hybridized carbons (Fsp3) is 0.818. The minimum atomic E-state index is -3.04. The summed E-state index contributed by atoms with van der Waals surface area (Å²) in [5, 5.41) is 2.85. The SMILES string of the molecule is CCCN1C(=O)CC(NCCS(=O)(=O)CC)C1=O. The maximum absolute atomic E-state index is 11.8. The van der Waals surface area contributed by atoms with Crippen LogP contribution in [0, 0.1) is 0 Å². The number of imide groups is 1. The Bertz CT molecular complexity index is 419. The number of hydrogen-bond donors (Lipinski definition) is 1. The second-order valence-corrected chi connectivity index (χ2v) is 6.80. The molecule has 18 heavy (non-hydrogen) atoms. The first-order valence-corrected chi connectivity index (χ1v) is 8.01. The van der Waals surface area contributed by atoms with Crippen molar-refractivity contribution in [3.63, 3.8) is 0 Å². The number of likely N-dealkylation sites (tertiary alicyclic amines) is 1. The molecule has 0 aromatic carbocycles. The lowest BCUT2D eigenvalue weighted by molar-refractivity contribution is -0.138. The van der Waals surface area contributed by atoms with Crippen molar-refractivity contribution in [2.75, 3.05) is 24.6 Å². The molecule has 1 aliphatic rings. The third-order valence-electron chi connectivity index (χ3n) is 2.93. The Labute approximate surface area is 108 Å². The van der Waals surface area contributed by atoms with Gasteiger partial charge in [0.25, 0.3) is 0 Å². The van der Waals surface area contributed by atoms with Crippen LogP contribution in [0.4, 0.5) is 0 Å². The van der Waals surface area contributed by atoms with Crippen LogP contribution in [0.1, 0.15) is 26.7 Å². The van der Waals surface area contributed by atoms with Gasteiger partial charge < -0.3 is 5.32 Å². The summed E-state index contributed by atoms with van der Waals surface area (Å²) >= 11 is 0. The minimum Gasteiger partial charge on any atom is -0.304 e. The summed E-state index contributed by atoms with van der Waals surface area (Å²) in [4.78, 5) is 24.6. The molecule has 2 amide bonds. The van der Waals surface area contributed by atoms with Crippen molar-refractivity contribution in [2.24, 2.45) is 0 Å². The van der Waals surface area contributed by atoms with Crippen molar-refractivity contribution < 1.29 is 18.0 Å². The largest absolute Gasteiger partial charge is 0.304 e. The molecule has 0 aromatic rings. The number of amides is 2. The highest BCUT2D eigenvalue weighted by molar-refractivity contribution is 7.91. The highest BCUT2D eigenvalue weighted by Gasteiger charge is 2.37. The molecule has 1 saturated heterocycles. The zero-order valence-corrected chi connectivity index (χ0v) is 11.6. The van der Waals surface area contributed by atoms with Gasteiger partial charge in [-0.25, -0.2) is 8.42 Å². The summed E-state index contributed by atoms with van der Waals surface area (Å²) in [7, 11) is -3.04. The van der Waals surface area contributed by atoms with Gasteiger partial charge in [-0.15, -0.1) is 0 Å². The molecule has 104 valence electrons. The molecule has 1 heterocycles. The van der Waals surface area contributed by atoms with E-state index in [0.29, 0.717) is 6.54 Å². The van der Waals surface area contributed by atoms with Gasteiger partial charge >= 0.3 is 0 Å². The maximum Gasteiger partial charge on any atom is 0.246 e. The Hall–Kier alpha value is -0.950. The van der Waals surface area contributed by atoms with Crippen LogP contribution >= 0.6 is 0 Å². The first-order valence-electron chi connectivity index (χ1n) is 6.19. The molecule has 0 spiro atoms. The zero-order valence-electron chi connectivity index (χ0n) is 10.8. The monoisotopic (exact) mass is 276 g/mol. The Morgan fingerprint density at radius 1 is 1.33 bits per heavy atom. The Morgan fingerprint density at radius 2 is 2.00 bits per heavy atom. The predicted octanol–water partition coefficient (Wildman–Crippen LogP) is -0.452. The van der Waals surface area contributed by atoms with Crippen LogP contribution in [-0.4, -0.2) is 55.8 Å². The molecule has 1 aliphatic heterocycles. The fourth-order valence-electron chi connectivity index (χ4n) is 1.83. The van der Waals surface area contributed by atoms with Gasteiger partial charge in [0, 0.05) is 18.8 Å². The topological polar surface area (TPSA) is 83.6 Å². The van der Waals surface area contributed by atoms with Gasteiger partial charge in [-0.05, 0) is 6.42 Å². The van der Waals surface area contributed by atoms with Crippen molar-refractivity contribution in [3.8, 4) is 0 Å². The third-order valence-corrected chi connectivity index (χ3v) is 4.64. The standard InChI is InChI=1S/C11H20N2O4S/c1-3-6-13-10(14)8-9(11(13)15)12-5-7-18(16,17)4-2/h9,12H,3-8H2,1-2H3. The van der Waals surface area contributed by atoms with Gasteiger partial charge in [0.15, 0.2) is 9.84 Å². The normalized spacial score (nSPS) is 20.8. The number of carbonyl (C=O) groups is 2. The van der Waals surface area contributed by atoms with Crippen LogP contribution in [0.2, 0.25) is 0 Å². The quantitative estimate of drug-likeness (QED) is 0.637. The van der Waals surface area contributed by atoms with Crippen LogP contribution in [0.15, 0.2) is 0 Å². The van der Waals surface area contributed by atoms with E-state index in [0.717, 1.165) is 6.42 Å². The van der Waals surface area contributed by atoms with E-state index in [4.69, 9.17) is 0 Å². The second-order valence-electron chi connectivity index (χ2n) is 4.33. The van der Waals surface area contributed by atoms with E-state index in [9.17, 15) is 18.0 Å². The molecule has 1 fully saturated rings. The van der Waals surface area contributed by atoms with Gasteiger partial charge in [0.2, 0.25) is 11.8 Å². The van der Waals surface area contributed by atoms with Gasteiger partial charge in [0.1, 0.15) is 0 Å². The van der Waals surface area contributed by atoms with E-state index in [1.165, 1.54) is 4.90 Å². The van der Waals surface area contributed by atoms with E-state index in [1.54, 1.807) is 6.92 Å². The highest BCUT2D eigenvalue weighted by atomic mass is 32.2. The van der Waals surface area contributed by atoms with Crippen LogP contribution < -0.4 is 5.32 Å².